The number of aromatic nitrogens is 1. The lowest BCUT2D eigenvalue weighted by atomic mass is 10.0. The first-order valence-electron chi connectivity index (χ1n) is 6.37. The van der Waals surface area contributed by atoms with Gasteiger partial charge in [-0.25, -0.2) is 0 Å². The third kappa shape index (κ3) is 2.36. The van der Waals surface area contributed by atoms with Gasteiger partial charge in [0.2, 0.25) is 0 Å². The Kier molecular flexibility index (Phi) is 3.73. The van der Waals surface area contributed by atoms with Gasteiger partial charge in [-0.1, -0.05) is 10.8 Å². The summed E-state index contributed by atoms with van der Waals surface area (Å²) < 4.78 is 5.51. The summed E-state index contributed by atoms with van der Waals surface area (Å²) in [6.07, 6.45) is 2.00. The molecule has 1 aromatic heterocycles. The fraction of sp³-hybridized carbons (Fsp3) is 0.615. The maximum atomic E-state index is 5.51. The quantitative estimate of drug-likeness (QED) is 0.681. The molecule has 0 aromatic carbocycles. The minimum Gasteiger partial charge on any atom is -0.381 e. The molecule has 2 aliphatic rings. The van der Waals surface area contributed by atoms with Crippen LogP contribution in [0.1, 0.15) is 17.9 Å². The molecule has 0 aliphatic carbocycles. The van der Waals surface area contributed by atoms with Crippen molar-refractivity contribution in [2.45, 2.75) is 12.2 Å². The molecule has 18 heavy (non-hydrogen) atoms. The Morgan fingerprint density at radius 3 is 2.67 bits per heavy atom. The molecule has 5 heteroatoms. The minimum absolute atomic E-state index is 0.341. The number of thiol groups is 1. The average Bonchev–Trinajstić information content (AvgIpc) is 2.99. The van der Waals surface area contributed by atoms with Crippen LogP contribution in [0, 0.1) is 11.8 Å². The molecule has 1 aromatic rings. The molecule has 1 unspecified atom stereocenters. The summed E-state index contributed by atoms with van der Waals surface area (Å²) in [7, 11) is 1.53. The number of rotatable bonds is 3. The summed E-state index contributed by atoms with van der Waals surface area (Å²) in [6, 6.07) is 4.30. The van der Waals surface area contributed by atoms with E-state index in [0.717, 1.165) is 43.8 Å². The Morgan fingerprint density at radius 2 is 2.11 bits per heavy atom. The van der Waals surface area contributed by atoms with Crippen molar-refractivity contribution in [2.75, 3.05) is 31.2 Å². The molecule has 0 amide bonds. The minimum atomic E-state index is 0.341. The summed E-state index contributed by atoms with van der Waals surface area (Å²) >= 11 is 4.24. The van der Waals surface area contributed by atoms with Gasteiger partial charge in [-0.15, -0.1) is 11.7 Å². The van der Waals surface area contributed by atoms with Crippen LogP contribution in [-0.4, -0.2) is 31.3 Å². The van der Waals surface area contributed by atoms with Crippen molar-refractivity contribution in [3.05, 3.63) is 24.0 Å². The molecule has 0 N–H and O–H groups in total. The zero-order valence-electron chi connectivity index (χ0n) is 10.5. The van der Waals surface area contributed by atoms with E-state index in [9.17, 15) is 0 Å². The average molecular weight is 282 g/mol. The molecule has 98 valence electrons. The summed E-state index contributed by atoms with van der Waals surface area (Å²) in [5.41, 5.74) is 2.34. The monoisotopic (exact) mass is 282 g/mol. The molecule has 0 saturated carbocycles. The molecule has 0 spiro atoms. The van der Waals surface area contributed by atoms with Crippen LogP contribution >= 0.6 is 22.5 Å². The first-order chi connectivity index (χ1) is 8.78. The highest BCUT2D eigenvalue weighted by molar-refractivity contribution is 8.68. The van der Waals surface area contributed by atoms with Gasteiger partial charge < -0.3 is 9.64 Å². The fourth-order valence-electron chi connectivity index (χ4n) is 2.78. The van der Waals surface area contributed by atoms with Crippen LogP contribution in [-0.2, 0) is 4.74 Å². The van der Waals surface area contributed by atoms with E-state index in [1.54, 1.807) is 0 Å². The molecule has 3 nitrogen and oxygen atoms in total. The van der Waals surface area contributed by atoms with Crippen molar-refractivity contribution >= 4 is 28.1 Å². The van der Waals surface area contributed by atoms with E-state index in [1.165, 1.54) is 16.5 Å². The number of fused-ring (bicyclic) bond motifs is 1. The van der Waals surface area contributed by atoms with Gasteiger partial charge >= 0.3 is 0 Å². The molecule has 3 rings (SSSR count). The Bertz CT molecular complexity index is 400. The van der Waals surface area contributed by atoms with Gasteiger partial charge in [-0.2, -0.15) is 0 Å². The zero-order valence-corrected chi connectivity index (χ0v) is 12.2. The van der Waals surface area contributed by atoms with Crippen LogP contribution in [0.3, 0.4) is 0 Å². The second-order valence-corrected chi connectivity index (χ2v) is 6.70. The van der Waals surface area contributed by atoms with Crippen molar-refractivity contribution in [1.29, 1.82) is 0 Å². The standard InChI is InChI=1S/C13H18N2OS2/c1-9(18-17)13-3-2-12(4-14-13)15-5-10-7-16-8-11(10)6-15/h2-4,9-11,17H,5-8H2,1H3/t9?,10-,11+. The van der Waals surface area contributed by atoms with Gasteiger partial charge in [0.15, 0.2) is 0 Å². The van der Waals surface area contributed by atoms with Crippen LogP contribution in [0.5, 0.6) is 0 Å². The zero-order chi connectivity index (χ0) is 12.5. The van der Waals surface area contributed by atoms with Crippen LogP contribution in [0.2, 0.25) is 0 Å². The maximum Gasteiger partial charge on any atom is 0.0553 e. The molecule has 0 bridgehead atoms. The summed E-state index contributed by atoms with van der Waals surface area (Å²) in [5, 5.41) is 0.341. The van der Waals surface area contributed by atoms with E-state index in [-0.39, 0.29) is 0 Å². The summed E-state index contributed by atoms with van der Waals surface area (Å²) in [6.45, 7) is 6.21. The lowest BCUT2D eigenvalue weighted by Crippen LogP contribution is -2.22. The molecule has 3 heterocycles. The van der Waals surface area contributed by atoms with Crippen molar-refractivity contribution in [3.8, 4) is 0 Å². The highest BCUT2D eigenvalue weighted by Gasteiger charge is 2.37. The summed E-state index contributed by atoms with van der Waals surface area (Å²) in [4.78, 5) is 6.98. The van der Waals surface area contributed by atoms with Crippen LogP contribution in [0.25, 0.3) is 0 Å². The van der Waals surface area contributed by atoms with E-state index in [4.69, 9.17) is 4.74 Å². The third-order valence-electron chi connectivity index (χ3n) is 3.95. The van der Waals surface area contributed by atoms with Crippen LogP contribution < -0.4 is 4.90 Å². The number of pyridine rings is 1. The Balaban J connectivity index is 1.70. The van der Waals surface area contributed by atoms with Crippen molar-refractivity contribution in [1.82, 2.24) is 4.98 Å². The highest BCUT2D eigenvalue weighted by Crippen LogP contribution is 2.34. The maximum absolute atomic E-state index is 5.51. The van der Waals surface area contributed by atoms with Gasteiger partial charge in [-0.3, -0.25) is 4.98 Å². The largest absolute Gasteiger partial charge is 0.381 e. The lowest BCUT2D eigenvalue weighted by Gasteiger charge is -2.19. The van der Waals surface area contributed by atoms with Gasteiger partial charge in [-0.05, 0) is 19.1 Å². The van der Waals surface area contributed by atoms with Crippen molar-refractivity contribution in [3.63, 3.8) is 0 Å². The predicted molar refractivity (Wildman–Crippen MR) is 79.2 cm³/mol. The first kappa shape index (κ1) is 12.6. The van der Waals surface area contributed by atoms with E-state index in [0.29, 0.717) is 5.25 Å². The van der Waals surface area contributed by atoms with Crippen LogP contribution in [0.15, 0.2) is 18.3 Å². The SMILES string of the molecule is CC(SS)c1ccc(N2C[C@H]3COC[C@H]3C2)cn1. The normalized spacial score (nSPS) is 28.4. The smallest absolute Gasteiger partial charge is 0.0553 e. The Hall–Kier alpha value is -0.390. The van der Waals surface area contributed by atoms with E-state index < -0.39 is 0 Å². The molecule has 0 radical (unpaired) electrons. The molecular weight excluding hydrogens is 264 g/mol. The number of hydrogen-bond acceptors (Lipinski definition) is 5. The first-order valence-corrected chi connectivity index (χ1v) is 8.30. The van der Waals surface area contributed by atoms with Gasteiger partial charge in [0.05, 0.1) is 36.0 Å². The second-order valence-electron chi connectivity index (χ2n) is 5.15. The highest BCUT2D eigenvalue weighted by atomic mass is 33.1. The fourth-order valence-corrected chi connectivity index (χ4v) is 3.35. The number of ether oxygens (including phenoxy) is 1. The van der Waals surface area contributed by atoms with E-state index in [1.807, 2.05) is 6.20 Å². The number of hydrogen-bond donors (Lipinski definition) is 1. The Morgan fingerprint density at radius 1 is 1.39 bits per heavy atom. The second kappa shape index (κ2) is 5.31. The van der Waals surface area contributed by atoms with E-state index >= 15 is 0 Å². The molecule has 3 atom stereocenters. The van der Waals surface area contributed by atoms with Crippen LogP contribution in [0.4, 0.5) is 5.69 Å². The van der Waals surface area contributed by atoms with Gasteiger partial charge in [0.25, 0.3) is 0 Å². The van der Waals surface area contributed by atoms with E-state index in [2.05, 4.69) is 40.6 Å². The number of nitrogens with zero attached hydrogens (tertiary/aromatic N) is 2. The summed E-state index contributed by atoms with van der Waals surface area (Å²) in [5.74, 6) is 1.44. The number of anilines is 1. The van der Waals surface area contributed by atoms with Crippen molar-refractivity contribution < 1.29 is 4.74 Å². The topological polar surface area (TPSA) is 25.4 Å². The lowest BCUT2D eigenvalue weighted by molar-refractivity contribution is 0.177. The van der Waals surface area contributed by atoms with Crippen molar-refractivity contribution in [2.24, 2.45) is 11.8 Å². The molecule has 2 aliphatic heterocycles. The van der Waals surface area contributed by atoms with Gasteiger partial charge in [0, 0.05) is 24.9 Å². The Labute approximate surface area is 117 Å². The molecular formula is C13H18N2OS2. The molecule has 2 saturated heterocycles. The third-order valence-corrected chi connectivity index (χ3v) is 5.46. The van der Waals surface area contributed by atoms with Gasteiger partial charge in [0.1, 0.15) is 0 Å². The predicted octanol–water partition coefficient (Wildman–Crippen LogP) is 2.80. The molecule has 2 fully saturated rings.